The Morgan fingerprint density at radius 3 is 2.35 bits per heavy atom. The second-order valence-corrected chi connectivity index (χ2v) is 4.77. The predicted octanol–water partition coefficient (Wildman–Crippen LogP) is 4.25. The lowest BCUT2D eigenvalue weighted by Crippen LogP contribution is -1.86. The molecule has 0 amide bonds. The van der Waals surface area contributed by atoms with Gasteiger partial charge in [-0.3, -0.25) is 0 Å². The number of benzene rings is 3. The normalized spacial score (nSPS) is 11.0. The van der Waals surface area contributed by atoms with Crippen molar-refractivity contribution in [3.05, 3.63) is 73.2 Å². The highest BCUT2D eigenvalue weighted by molar-refractivity contribution is 6.04. The van der Waals surface area contributed by atoms with Gasteiger partial charge in [0.2, 0.25) is 0 Å². The van der Waals surface area contributed by atoms with Gasteiger partial charge in [0.1, 0.15) is 0 Å². The fourth-order valence-electron chi connectivity index (χ4n) is 2.60. The van der Waals surface area contributed by atoms with Gasteiger partial charge in [-0.2, -0.15) is 0 Å². The summed E-state index contributed by atoms with van der Waals surface area (Å²) in [6.45, 7) is 0. The first kappa shape index (κ1) is 11.1. The van der Waals surface area contributed by atoms with Crippen LogP contribution < -0.4 is 0 Å². The lowest BCUT2D eigenvalue weighted by Gasteiger charge is -2.07. The van der Waals surface area contributed by atoms with E-state index in [0.717, 1.165) is 11.3 Å². The third-order valence-electron chi connectivity index (χ3n) is 3.56. The number of nitrogens with zero attached hydrogens (tertiary/aromatic N) is 2. The van der Waals surface area contributed by atoms with E-state index in [1.807, 2.05) is 6.07 Å². The molecule has 20 heavy (non-hydrogen) atoms. The molecule has 93 valence electrons. The Labute approximate surface area is 116 Å². The zero-order valence-electron chi connectivity index (χ0n) is 10.7. The molecule has 0 aliphatic heterocycles. The third kappa shape index (κ3) is 1.74. The first-order valence-electron chi connectivity index (χ1n) is 6.53. The first-order valence-corrected chi connectivity index (χ1v) is 6.53. The molecule has 1 radical (unpaired) electrons. The molecule has 0 aliphatic rings. The van der Waals surface area contributed by atoms with Gasteiger partial charge in [0.15, 0.2) is 6.33 Å². The summed E-state index contributed by atoms with van der Waals surface area (Å²) in [4.78, 5) is 8.11. The van der Waals surface area contributed by atoms with Gasteiger partial charge in [0.25, 0.3) is 0 Å². The zero-order chi connectivity index (χ0) is 13.4. The van der Waals surface area contributed by atoms with E-state index in [9.17, 15) is 0 Å². The van der Waals surface area contributed by atoms with Crippen molar-refractivity contribution < 1.29 is 0 Å². The summed E-state index contributed by atoms with van der Waals surface area (Å²) in [5.74, 6) is 0. The minimum atomic E-state index is 0.904. The summed E-state index contributed by atoms with van der Waals surface area (Å²) in [5, 5.41) is 4.93. The SMILES string of the molecule is [c]1nccc(-c2cccc3cc4ccccc4cc23)n1. The molecule has 0 fully saturated rings. The van der Waals surface area contributed by atoms with Crippen LogP contribution in [0, 0.1) is 6.33 Å². The number of hydrogen-bond acceptors (Lipinski definition) is 2. The van der Waals surface area contributed by atoms with E-state index in [-0.39, 0.29) is 0 Å². The summed E-state index contributed by atoms with van der Waals surface area (Å²) in [6, 6.07) is 21.1. The van der Waals surface area contributed by atoms with Gasteiger partial charge in [-0.15, -0.1) is 0 Å². The molecule has 1 aromatic heterocycles. The quantitative estimate of drug-likeness (QED) is 0.475. The molecular weight excluding hydrogens is 244 g/mol. The van der Waals surface area contributed by atoms with Crippen LogP contribution in [0.25, 0.3) is 32.8 Å². The smallest absolute Gasteiger partial charge is 0.198 e. The Morgan fingerprint density at radius 2 is 1.55 bits per heavy atom. The van der Waals surface area contributed by atoms with Crippen molar-refractivity contribution in [2.45, 2.75) is 0 Å². The second-order valence-electron chi connectivity index (χ2n) is 4.77. The monoisotopic (exact) mass is 255 g/mol. The van der Waals surface area contributed by atoms with E-state index in [4.69, 9.17) is 0 Å². The maximum absolute atomic E-state index is 4.24. The summed E-state index contributed by atoms with van der Waals surface area (Å²) < 4.78 is 0. The van der Waals surface area contributed by atoms with Crippen LogP contribution in [0.15, 0.2) is 66.9 Å². The molecule has 0 atom stereocenters. The van der Waals surface area contributed by atoms with Crippen molar-refractivity contribution in [3.63, 3.8) is 0 Å². The maximum Gasteiger partial charge on any atom is 0.198 e. The van der Waals surface area contributed by atoms with Crippen LogP contribution >= 0.6 is 0 Å². The van der Waals surface area contributed by atoms with E-state index in [1.54, 1.807) is 6.20 Å². The highest BCUT2D eigenvalue weighted by Crippen LogP contribution is 2.30. The molecule has 1 heterocycles. The van der Waals surface area contributed by atoms with E-state index in [1.165, 1.54) is 21.5 Å². The van der Waals surface area contributed by atoms with E-state index >= 15 is 0 Å². The average molecular weight is 255 g/mol. The van der Waals surface area contributed by atoms with Crippen LogP contribution in [-0.4, -0.2) is 9.97 Å². The van der Waals surface area contributed by atoms with Gasteiger partial charge in [-0.05, 0) is 39.7 Å². The van der Waals surface area contributed by atoms with Crippen LogP contribution in [0.5, 0.6) is 0 Å². The predicted molar refractivity (Wildman–Crippen MR) is 81.3 cm³/mol. The number of hydrogen-bond donors (Lipinski definition) is 0. The lowest BCUT2D eigenvalue weighted by molar-refractivity contribution is 1.16. The Balaban J connectivity index is 2.09. The van der Waals surface area contributed by atoms with Gasteiger partial charge in [-0.25, -0.2) is 9.97 Å². The molecular formula is C18H11N2. The molecule has 2 nitrogen and oxygen atoms in total. The second kappa shape index (κ2) is 4.42. The molecule has 0 aliphatic carbocycles. The van der Waals surface area contributed by atoms with Crippen molar-refractivity contribution in [2.75, 3.05) is 0 Å². The van der Waals surface area contributed by atoms with Crippen LogP contribution in [0.1, 0.15) is 0 Å². The van der Waals surface area contributed by atoms with Gasteiger partial charge in [-0.1, -0.05) is 42.5 Å². The number of rotatable bonds is 1. The summed E-state index contributed by atoms with van der Waals surface area (Å²) in [5.41, 5.74) is 2.02. The Bertz CT molecular complexity index is 899. The highest BCUT2D eigenvalue weighted by atomic mass is 14.8. The largest absolute Gasteiger partial charge is 0.234 e. The molecule has 4 aromatic rings. The van der Waals surface area contributed by atoms with Crippen LogP contribution in [-0.2, 0) is 0 Å². The minimum Gasteiger partial charge on any atom is -0.234 e. The Morgan fingerprint density at radius 1 is 0.750 bits per heavy atom. The molecule has 0 spiro atoms. The summed E-state index contributed by atoms with van der Waals surface area (Å²) >= 11 is 0. The molecule has 0 N–H and O–H groups in total. The topological polar surface area (TPSA) is 25.8 Å². The maximum atomic E-state index is 4.24. The zero-order valence-corrected chi connectivity index (χ0v) is 10.7. The molecule has 0 saturated carbocycles. The van der Waals surface area contributed by atoms with Crippen LogP contribution in [0.4, 0.5) is 0 Å². The van der Waals surface area contributed by atoms with Crippen molar-refractivity contribution in [1.29, 1.82) is 0 Å². The Hall–Kier alpha value is -2.74. The molecule has 0 saturated heterocycles. The number of aromatic nitrogens is 2. The molecule has 4 rings (SSSR count). The van der Waals surface area contributed by atoms with Gasteiger partial charge >= 0.3 is 0 Å². The highest BCUT2D eigenvalue weighted by Gasteiger charge is 2.06. The minimum absolute atomic E-state index is 0.904. The van der Waals surface area contributed by atoms with E-state index in [2.05, 4.69) is 70.9 Å². The lowest BCUT2D eigenvalue weighted by atomic mass is 9.98. The molecule has 3 aromatic carbocycles. The van der Waals surface area contributed by atoms with Crippen molar-refractivity contribution >= 4 is 21.5 Å². The standard InChI is InChI=1S/C18H11N2/c1-2-5-14-11-17-15(10-13(14)4-1)6-3-7-16(17)18-8-9-19-12-20-18/h1-11H. The fraction of sp³-hybridized carbons (Fsp3) is 0. The Kier molecular flexibility index (Phi) is 2.46. The fourth-order valence-corrected chi connectivity index (χ4v) is 2.60. The molecule has 2 heteroatoms. The number of fused-ring (bicyclic) bond motifs is 2. The van der Waals surface area contributed by atoms with Gasteiger partial charge < -0.3 is 0 Å². The summed E-state index contributed by atoms with van der Waals surface area (Å²) in [6.07, 6.45) is 4.39. The summed E-state index contributed by atoms with van der Waals surface area (Å²) in [7, 11) is 0. The van der Waals surface area contributed by atoms with Crippen LogP contribution in [0.3, 0.4) is 0 Å². The first-order chi connectivity index (χ1) is 9.92. The molecule has 0 bridgehead atoms. The van der Waals surface area contributed by atoms with E-state index in [0.29, 0.717) is 0 Å². The third-order valence-corrected chi connectivity index (χ3v) is 3.56. The van der Waals surface area contributed by atoms with Gasteiger partial charge in [0, 0.05) is 11.8 Å². The molecule has 0 unspecified atom stereocenters. The van der Waals surface area contributed by atoms with Crippen molar-refractivity contribution in [2.24, 2.45) is 0 Å². The van der Waals surface area contributed by atoms with Gasteiger partial charge in [0.05, 0.1) is 5.69 Å². The average Bonchev–Trinajstić information content (AvgIpc) is 2.53. The van der Waals surface area contributed by atoms with Crippen molar-refractivity contribution in [3.8, 4) is 11.3 Å². The van der Waals surface area contributed by atoms with Crippen LogP contribution in [0.2, 0.25) is 0 Å². The van der Waals surface area contributed by atoms with Crippen molar-refractivity contribution in [1.82, 2.24) is 9.97 Å². The van der Waals surface area contributed by atoms with E-state index < -0.39 is 0 Å².